The van der Waals surface area contributed by atoms with Gasteiger partial charge in [0.25, 0.3) is 5.91 Å². The van der Waals surface area contributed by atoms with Crippen molar-refractivity contribution in [3.05, 3.63) is 98.9 Å². The van der Waals surface area contributed by atoms with Crippen LogP contribution >= 0.6 is 11.3 Å². The minimum absolute atomic E-state index is 0.0983. The molecule has 1 aromatic heterocycles. The molecular weight excluding hydrogens is 492 g/mol. The molecule has 5 rings (SSSR count). The number of nitrogens with zero attached hydrogens (tertiary/aromatic N) is 3. The zero-order valence-corrected chi connectivity index (χ0v) is 21.3. The predicted molar refractivity (Wildman–Crippen MR) is 147 cm³/mol. The van der Waals surface area contributed by atoms with Gasteiger partial charge in [0.1, 0.15) is 35.1 Å². The number of carbonyl (C=O) groups excluding carboxylic acids is 1. The lowest BCUT2D eigenvalue weighted by Crippen LogP contribution is -2.13. The minimum Gasteiger partial charge on any atom is -0.488 e. The van der Waals surface area contributed by atoms with Crippen molar-refractivity contribution < 1.29 is 9.53 Å². The lowest BCUT2D eigenvalue weighted by Gasteiger charge is -2.13. The number of amides is 1. The van der Waals surface area contributed by atoms with E-state index in [2.05, 4.69) is 17.5 Å². The topological polar surface area (TPSA) is 110 Å². The molecule has 1 amide bonds. The van der Waals surface area contributed by atoms with Gasteiger partial charge in [-0.25, -0.2) is 0 Å². The van der Waals surface area contributed by atoms with E-state index in [4.69, 9.17) is 4.74 Å². The Morgan fingerprint density at radius 2 is 1.76 bits per heavy atom. The van der Waals surface area contributed by atoms with Crippen LogP contribution in [-0.4, -0.2) is 5.91 Å². The molecule has 0 bridgehead atoms. The van der Waals surface area contributed by atoms with Gasteiger partial charge in [-0.3, -0.25) is 4.79 Å². The van der Waals surface area contributed by atoms with Crippen LogP contribution in [0, 0.1) is 34.0 Å². The summed E-state index contributed by atoms with van der Waals surface area (Å²) >= 11 is 1.42. The molecular formula is C31H22N4O2S. The minimum atomic E-state index is -0.573. The summed E-state index contributed by atoms with van der Waals surface area (Å²) in [6.07, 6.45) is 5.35. The van der Waals surface area contributed by atoms with Gasteiger partial charge in [0.05, 0.1) is 17.2 Å². The third-order valence-electron chi connectivity index (χ3n) is 6.62. The van der Waals surface area contributed by atoms with Crippen molar-refractivity contribution in [3.63, 3.8) is 0 Å². The molecule has 184 valence electrons. The SMILES string of the molecule is N#C/C(=C\c1c(OCc2ccccc2C#N)ccc2ccccc12)C(=O)Nc1sc2c(c1C#N)CCCC2. The van der Waals surface area contributed by atoms with Crippen LogP contribution in [0.15, 0.2) is 66.2 Å². The van der Waals surface area contributed by atoms with Crippen LogP contribution in [0.4, 0.5) is 5.00 Å². The normalized spacial score (nSPS) is 12.6. The summed E-state index contributed by atoms with van der Waals surface area (Å²) in [5.74, 6) is -0.0856. The zero-order valence-electron chi connectivity index (χ0n) is 20.5. The van der Waals surface area contributed by atoms with E-state index < -0.39 is 5.91 Å². The molecule has 38 heavy (non-hydrogen) atoms. The fourth-order valence-corrected chi connectivity index (χ4v) is 5.93. The Hall–Kier alpha value is -4.90. The molecule has 0 radical (unpaired) electrons. The monoisotopic (exact) mass is 514 g/mol. The summed E-state index contributed by atoms with van der Waals surface area (Å²) in [5, 5.41) is 34.2. The van der Waals surface area contributed by atoms with E-state index in [1.807, 2.05) is 48.5 Å². The quantitative estimate of drug-likeness (QED) is 0.229. The predicted octanol–water partition coefficient (Wildman–Crippen LogP) is 6.65. The van der Waals surface area contributed by atoms with E-state index in [1.165, 1.54) is 17.4 Å². The average molecular weight is 515 g/mol. The number of hydrogen-bond donors (Lipinski definition) is 1. The van der Waals surface area contributed by atoms with Gasteiger partial charge in [0.15, 0.2) is 0 Å². The van der Waals surface area contributed by atoms with Gasteiger partial charge < -0.3 is 10.1 Å². The number of benzene rings is 3. The molecule has 0 saturated heterocycles. The molecule has 0 fully saturated rings. The van der Waals surface area contributed by atoms with Crippen molar-refractivity contribution in [2.75, 3.05) is 5.32 Å². The lowest BCUT2D eigenvalue weighted by atomic mass is 9.96. The van der Waals surface area contributed by atoms with Gasteiger partial charge in [0.2, 0.25) is 0 Å². The third kappa shape index (κ3) is 4.87. The average Bonchev–Trinajstić information content (AvgIpc) is 3.31. The fourth-order valence-electron chi connectivity index (χ4n) is 4.70. The Bertz CT molecular complexity index is 1710. The molecule has 1 heterocycles. The number of thiophene rings is 1. The number of ether oxygens (including phenoxy) is 1. The van der Waals surface area contributed by atoms with Crippen molar-refractivity contribution in [2.24, 2.45) is 0 Å². The molecule has 0 unspecified atom stereocenters. The highest BCUT2D eigenvalue weighted by atomic mass is 32.1. The summed E-state index contributed by atoms with van der Waals surface area (Å²) in [7, 11) is 0. The lowest BCUT2D eigenvalue weighted by molar-refractivity contribution is -0.112. The van der Waals surface area contributed by atoms with E-state index in [9.17, 15) is 20.6 Å². The Balaban J connectivity index is 1.50. The first-order valence-corrected chi connectivity index (χ1v) is 13.0. The van der Waals surface area contributed by atoms with E-state index in [0.717, 1.165) is 52.5 Å². The van der Waals surface area contributed by atoms with Gasteiger partial charge in [-0.1, -0.05) is 48.5 Å². The molecule has 0 spiro atoms. The maximum Gasteiger partial charge on any atom is 0.266 e. The van der Waals surface area contributed by atoms with Crippen molar-refractivity contribution in [3.8, 4) is 24.0 Å². The van der Waals surface area contributed by atoms with Crippen molar-refractivity contribution in [1.82, 2.24) is 0 Å². The molecule has 1 N–H and O–H groups in total. The second kappa shape index (κ2) is 11.0. The molecule has 4 aromatic rings. The van der Waals surface area contributed by atoms with E-state index in [-0.39, 0.29) is 12.2 Å². The molecule has 0 aliphatic heterocycles. The van der Waals surface area contributed by atoms with Gasteiger partial charge in [-0.2, -0.15) is 15.8 Å². The maximum atomic E-state index is 13.3. The van der Waals surface area contributed by atoms with Crippen molar-refractivity contribution in [1.29, 1.82) is 15.8 Å². The Kier molecular flexibility index (Phi) is 7.18. The Morgan fingerprint density at radius 1 is 0.974 bits per heavy atom. The highest BCUT2D eigenvalue weighted by Gasteiger charge is 2.23. The maximum absolute atomic E-state index is 13.3. The van der Waals surface area contributed by atoms with Crippen LogP contribution in [-0.2, 0) is 24.2 Å². The standard InChI is InChI=1S/C31H22N4O2S/c32-16-21-8-1-2-9-22(21)19-37-28-14-13-20-7-3-4-10-24(20)26(28)15-23(17-33)30(36)35-31-27(18-34)25-11-5-6-12-29(25)38-31/h1-4,7-10,13-15H,5-6,11-12,19H2,(H,35,36)/b23-15+. The van der Waals surface area contributed by atoms with Gasteiger partial charge >= 0.3 is 0 Å². The first kappa shape index (κ1) is 24.8. The highest BCUT2D eigenvalue weighted by molar-refractivity contribution is 7.16. The smallest absolute Gasteiger partial charge is 0.266 e. The summed E-state index contributed by atoms with van der Waals surface area (Å²) in [5.41, 5.74) is 3.27. The van der Waals surface area contributed by atoms with Crippen LogP contribution in [0.2, 0.25) is 0 Å². The molecule has 1 aliphatic carbocycles. The highest BCUT2D eigenvalue weighted by Crippen LogP contribution is 2.38. The van der Waals surface area contributed by atoms with Crippen LogP contribution < -0.4 is 10.1 Å². The number of fused-ring (bicyclic) bond motifs is 2. The van der Waals surface area contributed by atoms with Gasteiger partial charge in [0, 0.05) is 16.0 Å². The number of aryl methyl sites for hydroxylation is 1. The fraction of sp³-hybridized carbons (Fsp3) is 0.161. The third-order valence-corrected chi connectivity index (χ3v) is 7.82. The van der Waals surface area contributed by atoms with Crippen LogP contribution in [0.1, 0.15) is 45.5 Å². The molecule has 3 aromatic carbocycles. The molecule has 0 saturated carbocycles. The van der Waals surface area contributed by atoms with E-state index in [1.54, 1.807) is 18.2 Å². The molecule has 1 aliphatic rings. The van der Waals surface area contributed by atoms with Crippen molar-refractivity contribution >= 4 is 39.1 Å². The summed E-state index contributed by atoms with van der Waals surface area (Å²) < 4.78 is 6.13. The van der Waals surface area contributed by atoms with E-state index >= 15 is 0 Å². The second-order valence-corrected chi connectivity index (χ2v) is 10.0. The number of hydrogen-bond acceptors (Lipinski definition) is 6. The molecule has 0 atom stereocenters. The van der Waals surface area contributed by atoms with Crippen molar-refractivity contribution in [2.45, 2.75) is 32.3 Å². The van der Waals surface area contributed by atoms with Gasteiger partial charge in [-0.15, -0.1) is 11.3 Å². The van der Waals surface area contributed by atoms with Crippen LogP contribution in [0.3, 0.4) is 0 Å². The summed E-state index contributed by atoms with van der Waals surface area (Å²) in [6, 6.07) is 25.0. The van der Waals surface area contributed by atoms with Crippen LogP contribution in [0.5, 0.6) is 5.75 Å². The Morgan fingerprint density at radius 3 is 2.58 bits per heavy atom. The Labute approximate surface area is 224 Å². The summed E-state index contributed by atoms with van der Waals surface area (Å²) in [4.78, 5) is 14.4. The second-order valence-electron chi connectivity index (χ2n) is 8.91. The van der Waals surface area contributed by atoms with Crippen LogP contribution in [0.25, 0.3) is 16.8 Å². The first-order chi connectivity index (χ1) is 18.6. The molecule has 6 nitrogen and oxygen atoms in total. The van der Waals surface area contributed by atoms with E-state index in [0.29, 0.717) is 27.4 Å². The number of rotatable bonds is 6. The molecule has 7 heteroatoms. The number of anilines is 1. The zero-order chi connectivity index (χ0) is 26.5. The first-order valence-electron chi connectivity index (χ1n) is 12.2. The number of nitriles is 3. The number of nitrogens with one attached hydrogen (secondary N) is 1. The summed E-state index contributed by atoms with van der Waals surface area (Å²) in [6.45, 7) is 0.156. The van der Waals surface area contributed by atoms with Gasteiger partial charge in [-0.05, 0) is 60.2 Å². The number of carbonyl (C=O) groups is 1. The largest absolute Gasteiger partial charge is 0.488 e.